The third-order valence-corrected chi connectivity index (χ3v) is 2.28. The Morgan fingerprint density at radius 1 is 1.25 bits per heavy atom. The molecule has 3 nitrogen and oxygen atoms in total. The summed E-state index contributed by atoms with van der Waals surface area (Å²) in [4.78, 5) is 22.1. The summed E-state index contributed by atoms with van der Waals surface area (Å²) in [5.41, 5.74) is 1.93. The van der Waals surface area contributed by atoms with E-state index in [1.165, 1.54) is 6.92 Å². The lowest BCUT2D eigenvalue weighted by molar-refractivity contribution is -0.146. The van der Waals surface area contributed by atoms with Gasteiger partial charge in [-0.1, -0.05) is 26.0 Å². The Kier molecular flexibility index (Phi) is 3.82. The second kappa shape index (κ2) is 4.92. The van der Waals surface area contributed by atoms with Gasteiger partial charge in [0.1, 0.15) is 5.75 Å². The molecule has 0 N–H and O–H groups in total. The molecule has 86 valence electrons. The lowest BCUT2D eigenvalue weighted by Crippen LogP contribution is -2.17. The van der Waals surface area contributed by atoms with Crippen LogP contribution < -0.4 is 4.74 Å². The van der Waals surface area contributed by atoms with Crippen molar-refractivity contribution in [1.29, 1.82) is 0 Å². The first kappa shape index (κ1) is 12.4. The second-order valence-electron chi connectivity index (χ2n) is 4.14. The molecule has 0 aliphatic heterocycles. The summed E-state index contributed by atoms with van der Waals surface area (Å²) in [5, 5.41) is 0. The van der Waals surface area contributed by atoms with Gasteiger partial charge in [0, 0.05) is 6.92 Å². The SMILES string of the molecule is CC(=O)C(=O)Oc1cc(C)ccc1C(C)C. The van der Waals surface area contributed by atoms with Gasteiger partial charge in [0.15, 0.2) is 0 Å². The number of hydrogen-bond acceptors (Lipinski definition) is 3. The van der Waals surface area contributed by atoms with E-state index < -0.39 is 11.8 Å². The van der Waals surface area contributed by atoms with Crippen LogP contribution in [-0.4, -0.2) is 11.8 Å². The molecule has 0 spiro atoms. The van der Waals surface area contributed by atoms with Crippen LogP contribution in [0.25, 0.3) is 0 Å². The summed E-state index contributed by atoms with van der Waals surface area (Å²) in [5.74, 6) is -0.672. The Morgan fingerprint density at radius 2 is 1.88 bits per heavy atom. The van der Waals surface area contributed by atoms with Crippen LogP contribution in [0.4, 0.5) is 0 Å². The lowest BCUT2D eigenvalue weighted by atomic mass is 10.0. The van der Waals surface area contributed by atoms with Crippen molar-refractivity contribution < 1.29 is 14.3 Å². The average Bonchev–Trinajstić information content (AvgIpc) is 2.16. The molecule has 3 heteroatoms. The number of benzene rings is 1. The fourth-order valence-electron chi connectivity index (χ4n) is 1.38. The summed E-state index contributed by atoms with van der Waals surface area (Å²) in [7, 11) is 0. The monoisotopic (exact) mass is 220 g/mol. The highest BCUT2D eigenvalue weighted by Crippen LogP contribution is 2.27. The van der Waals surface area contributed by atoms with Gasteiger partial charge < -0.3 is 4.74 Å². The molecule has 16 heavy (non-hydrogen) atoms. The fraction of sp³-hybridized carbons (Fsp3) is 0.385. The molecule has 0 amide bonds. The fourth-order valence-corrected chi connectivity index (χ4v) is 1.38. The van der Waals surface area contributed by atoms with Crippen LogP contribution in [0, 0.1) is 6.92 Å². The van der Waals surface area contributed by atoms with Crippen molar-refractivity contribution >= 4 is 11.8 Å². The van der Waals surface area contributed by atoms with Crippen molar-refractivity contribution in [2.75, 3.05) is 0 Å². The van der Waals surface area contributed by atoms with Crippen LogP contribution in [0.15, 0.2) is 18.2 Å². The zero-order valence-electron chi connectivity index (χ0n) is 10.0. The van der Waals surface area contributed by atoms with Crippen LogP contribution in [0.5, 0.6) is 5.75 Å². The number of hydrogen-bond donors (Lipinski definition) is 0. The highest BCUT2D eigenvalue weighted by atomic mass is 16.5. The van der Waals surface area contributed by atoms with E-state index in [0.717, 1.165) is 11.1 Å². The molecular formula is C13H16O3. The molecule has 0 heterocycles. The van der Waals surface area contributed by atoms with Gasteiger partial charge in [-0.25, -0.2) is 4.79 Å². The summed E-state index contributed by atoms with van der Waals surface area (Å²) in [6, 6.07) is 5.65. The largest absolute Gasteiger partial charge is 0.420 e. The van der Waals surface area contributed by atoms with Crippen LogP contribution in [-0.2, 0) is 9.59 Å². The van der Waals surface area contributed by atoms with Gasteiger partial charge in [0.25, 0.3) is 0 Å². The van der Waals surface area contributed by atoms with Gasteiger partial charge in [0.05, 0.1) is 0 Å². The minimum Gasteiger partial charge on any atom is -0.420 e. The first-order chi connectivity index (χ1) is 7.41. The van der Waals surface area contributed by atoms with E-state index in [0.29, 0.717) is 5.75 Å². The Hall–Kier alpha value is -1.64. The quantitative estimate of drug-likeness (QED) is 0.447. The van der Waals surface area contributed by atoms with E-state index in [1.54, 1.807) is 6.07 Å². The van der Waals surface area contributed by atoms with Crippen LogP contribution in [0.2, 0.25) is 0 Å². The minimum atomic E-state index is -0.812. The van der Waals surface area contributed by atoms with Crippen LogP contribution >= 0.6 is 0 Å². The lowest BCUT2D eigenvalue weighted by Gasteiger charge is -2.12. The van der Waals surface area contributed by atoms with Gasteiger partial charge in [-0.2, -0.15) is 0 Å². The van der Waals surface area contributed by atoms with Crippen molar-refractivity contribution in [2.24, 2.45) is 0 Å². The number of rotatable bonds is 3. The summed E-state index contributed by atoms with van der Waals surface area (Å²) >= 11 is 0. The van der Waals surface area contributed by atoms with Crippen molar-refractivity contribution in [2.45, 2.75) is 33.6 Å². The average molecular weight is 220 g/mol. The molecule has 0 radical (unpaired) electrons. The van der Waals surface area contributed by atoms with Gasteiger partial charge in [-0.15, -0.1) is 0 Å². The number of ketones is 1. The van der Waals surface area contributed by atoms with Gasteiger partial charge in [-0.05, 0) is 30.0 Å². The molecule has 1 aromatic carbocycles. The maximum absolute atomic E-state index is 11.2. The first-order valence-electron chi connectivity index (χ1n) is 5.25. The van der Waals surface area contributed by atoms with E-state index in [2.05, 4.69) is 0 Å². The molecule has 0 saturated carbocycles. The zero-order chi connectivity index (χ0) is 12.3. The number of aryl methyl sites for hydroxylation is 1. The topological polar surface area (TPSA) is 43.4 Å². The molecule has 0 unspecified atom stereocenters. The Morgan fingerprint density at radius 3 is 2.38 bits per heavy atom. The van der Waals surface area contributed by atoms with Crippen molar-refractivity contribution in [1.82, 2.24) is 0 Å². The zero-order valence-corrected chi connectivity index (χ0v) is 10.0. The van der Waals surface area contributed by atoms with E-state index in [9.17, 15) is 9.59 Å². The molecule has 0 aliphatic rings. The van der Waals surface area contributed by atoms with Crippen molar-refractivity contribution in [3.63, 3.8) is 0 Å². The van der Waals surface area contributed by atoms with Crippen LogP contribution in [0.1, 0.15) is 37.8 Å². The predicted molar refractivity (Wildman–Crippen MR) is 61.6 cm³/mol. The molecule has 0 bridgehead atoms. The van der Waals surface area contributed by atoms with E-state index >= 15 is 0 Å². The Labute approximate surface area is 95.4 Å². The maximum Gasteiger partial charge on any atom is 0.379 e. The van der Waals surface area contributed by atoms with Gasteiger partial charge >= 0.3 is 5.97 Å². The number of carbonyl (C=O) groups is 2. The second-order valence-corrected chi connectivity index (χ2v) is 4.14. The highest BCUT2D eigenvalue weighted by molar-refractivity contribution is 6.33. The number of carbonyl (C=O) groups excluding carboxylic acids is 2. The van der Waals surface area contributed by atoms with Crippen LogP contribution in [0.3, 0.4) is 0 Å². The highest BCUT2D eigenvalue weighted by Gasteiger charge is 2.15. The van der Waals surface area contributed by atoms with Crippen molar-refractivity contribution in [3.8, 4) is 5.75 Å². The first-order valence-corrected chi connectivity index (χ1v) is 5.25. The summed E-state index contributed by atoms with van der Waals surface area (Å²) in [6.07, 6.45) is 0. The van der Waals surface area contributed by atoms with E-state index in [-0.39, 0.29) is 5.92 Å². The molecule has 0 aromatic heterocycles. The number of esters is 1. The molecule has 0 aliphatic carbocycles. The normalized spacial score (nSPS) is 10.3. The Bertz CT molecular complexity index is 419. The number of Topliss-reactive ketones (excluding diaryl/α,β-unsaturated/α-hetero) is 1. The van der Waals surface area contributed by atoms with E-state index in [1.807, 2.05) is 32.9 Å². The standard InChI is InChI=1S/C13H16O3/c1-8(2)11-6-5-9(3)7-12(11)16-13(15)10(4)14/h5-8H,1-4H3. The van der Waals surface area contributed by atoms with Crippen molar-refractivity contribution in [3.05, 3.63) is 29.3 Å². The minimum absolute atomic E-state index is 0.246. The molecule has 1 rings (SSSR count). The molecule has 0 saturated heterocycles. The Balaban J connectivity index is 3.05. The third-order valence-electron chi connectivity index (χ3n) is 2.28. The molecular weight excluding hydrogens is 204 g/mol. The number of ether oxygens (including phenoxy) is 1. The summed E-state index contributed by atoms with van der Waals surface area (Å²) < 4.78 is 5.06. The molecule has 0 fully saturated rings. The predicted octanol–water partition coefficient (Wildman–Crippen LogP) is 2.61. The van der Waals surface area contributed by atoms with E-state index in [4.69, 9.17) is 4.74 Å². The van der Waals surface area contributed by atoms with Gasteiger partial charge in [0.2, 0.25) is 5.78 Å². The van der Waals surface area contributed by atoms with Gasteiger partial charge in [-0.3, -0.25) is 4.79 Å². The smallest absolute Gasteiger partial charge is 0.379 e. The maximum atomic E-state index is 11.2. The summed E-state index contributed by atoms with van der Waals surface area (Å²) in [6.45, 7) is 7.13. The molecule has 0 atom stereocenters. The molecule has 1 aromatic rings. The third kappa shape index (κ3) is 2.92.